The lowest BCUT2D eigenvalue weighted by Crippen LogP contribution is -2.45. The second kappa shape index (κ2) is 5.47. The van der Waals surface area contributed by atoms with Gasteiger partial charge in [-0.15, -0.1) is 0 Å². The second-order valence-corrected chi connectivity index (χ2v) is 8.63. The third-order valence-corrected chi connectivity index (χ3v) is 7.03. The van der Waals surface area contributed by atoms with Crippen LogP contribution in [0.25, 0.3) is 0 Å². The molecule has 0 aromatic rings. The molecule has 1 saturated heterocycles. The molecule has 100 valence electrons. The zero-order chi connectivity index (χ0) is 12.5. The Labute approximate surface area is 109 Å². The van der Waals surface area contributed by atoms with Gasteiger partial charge in [0.25, 0.3) is 0 Å². The fourth-order valence-electron chi connectivity index (χ4n) is 2.03. The van der Waals surface area contributed by atoms with Crippen LogP contribution >= 0.6 is 11.8 Å². The maximum Gasteiger partial charge on any atom is 0.217 e. The highest BCUT2D eigenvalue weighted by Gasteiger charge is 2.33. The van der Waals surface area contributed by atoms with Crippen LogP contribution in [0, 0.1) is 0 Å². The molecule has 0 radical (unpaired) electrons. The first-order valence-corrected chi connectivity index (χ1v) is 8.95. The number of rotatable bonds is 6. The van der Waals surface area contributed by atoms with Gasteiger partial charge in [0.2, 0.25) is 10.0 Å². The number of hydrogen-bond acceptors (Lipinski definition) is 4. The molecule has 1 saturated carbocycles. The number of nitrogens with one attached hydrogen (secondary N) is 1. The highest BCUT2D eigenvalue weighted by Crippen LogP contribution is 2.25. The molecule has 0 amide bonds. The molecule has 2 unspecified atom stereocenters. The Bertz CT molecular complexity index is 348. The van der Waals surface area contributed by atoms with Crippen LogP contribution in [0.3, 0.4) is 0 Å². The molecule has 0 aromatic carbocycles. The van der Waals surface area contributed by atoms with Gasteiger partial charge in [-0.1, -0.05) is 0 Å². The van der Waals surface area contributed by atoms with Crippen LogP contribution in [0.1, 0.15) is 26.2 Å². The van der Waals surface area contributed by atoms with Gasteiger partial charge in [0.05, 0.1) is 5.25 Å². The van der Waals surface area contributed by atoms with Gasteiger partial charge in [-0.25, -0.2) is 12.7 Å². The van der Waals surface area contributed by atoms with Crippen molar-refractivity contribution in [1.29, 1.82) is 0 Å². The summed E-state index contributed by atoms with van der Waals surface area (Å²) in [4.78, 5) is 0. The maximum absolute atomic E-state index is 12.3. The third-order valence-electron chi connectivity index (χ3n) is 3.60. The van der Waals surface area contributed by atoms with Crippen molar-refractivity contribution < 1.29 is 8.42 Å². The molecule has 2 aliphatic rings. The molecule has 0 bridgehead atoms. The fourth-order valence-corrected chi connectivity index (χ4v) is 4.86. The molecular formula is C11H22N2O2S2. The van der Waals surface area contributed by atoms with Crippen molar-refractivity contribution in [3.8, 4) is 0 Å². The maximum atomic E-state index is 12.3. The zero-order valence-corrected chi connectivity index (χ0v) is 12.2. The lowest BCUT2D eigenvalue weighted by molar-refractivity contribution is 0.387. The Morgan fingerprint density at radius 3 is 2.65 bits per heavy atom. The van der Waals surface area contributed by atoms with Gasteiger partial charge >= 0.3 is 0 Å². The van der Waals surface area contributed by atoms with Crippen LogP contribution < -0.4 is 5.32 Å². The Balaban J connectivity index is 1.90. The topological polar surface area (TPSA) is 49.4 Å². The number of nitrogens with zero attached hydrogens (tertiary/aromatic N) is 1. The smallest absolute Gasteiger partial charge is 0.217 e. The minimum Gasteiger partial charge on any atom is -0.313 e. The van der Waals surface area contributed by atoms with Crippen molar-refractivity contribution in [2.24, 2.45) is 0 Å². The summed E-state index contributed by atoms with van der Waals surface area (Å²) < 4.78 is 26.3. The van der Waals surface area contributed by atoms with E-state index in [0.29, 0.717) is 12.6 Å². The van der Waals surface area contributed by atoms with E-state index in [0.717, 1.165) is 17.9 Å². The molecule has 4 nitrogen and oxygen atoms in total. The zero-order valence-electron chi connectivity index (χ0n) is 10.6. The number of hydrogen-bond donors (Lipinski definition) is 1. The SMILES string of the molecule is CC(CNC1CC1)S(=O)(=O)N(C)C1CCSC1. The van der Waals surface area contributed by atoms with E-state index in [1.807, 2.05) is 18.7 Å². The van der Waals surface area contributed by atoms with Gasteiger partial charge in [0, 0.05) is 31.4 Å². The van der Waals surface area contributed by atoms with Crippen LogP contribution in [-0.4, -0.2) is 55.2 Å². The predicted molar refractivity (Wildman–Crippen MR) is 72.9 cm³/mol. The predicted octanol–water partition coefficient (Wildman–Crippen LogP) is 0.894. The molecule has 1 heterocycles. The van der Waals surface area contributed by atoms with Crippen molar-refractivity contribution in [3.05, 3.63) is 0 Å². The van der Waals surface area contributed by atoms with E-state index in [1.165, 1.54) is 12.8 Å². The van der Waals surface area contributed by atoms with E-state index in [2.05, 4.69) is 5.32 Å². The van der Waals surface area contributed by atoms with Crippen molar-refractivity contribution in [1.82, 2.24) is 9.62 Å². The van der Waals surface area contributed by atoms with Crippen LogP contribution in [0.5, 0.6) is 0 Å². The number of thioether (sulfide) groups is 1. The van der Waals surface area contributed by atoms with Gasteiger partial charge in [0.15, 0.2) is 0 Å². The minimum absolute atomic E-state index is 0.202. The molecule has 0 aromatic heterocycles. The minimum atomic E-state index is -3.13. The van der Waals surface area contributed by atoms with Gasteiger partial charge in [-0.3, -0.25) is 0 Å². The molecule has 1 N–H and O–H groups in total. The molecule has 2 rings (SSSR count). The molecule has 0 spiro atoms. The normalized spacial score (nSPS) is 27.6. The lowest BCUT2D eigenvalue weighted by Gasteiger charge is -2.26. The second-order valence-electron chi connectivity index (χ2n) is 5.07. The first-order valence-electron chi connectivity index (χ1n) is 6.30. The summed E-state index contributed by atoms with van der Waals surface area (Å²) in [7, 11) is -1.40. The van der Waals surface area contributed by atoms with E-state index in [1.54, 1.807) is 11.4 Å². The van der Waals surface area contributed by atoms with Crippen molar-refractivity contribution >= 4 is 21.8 Å². The van der Waals surface area contributed by atoms with Crippen LogP contribution in [0.2, 0.25) is 0 Å². The third kappa shape index (κ3) is 3.36. The largest absolute Gasteiger partial charge is 0.313 e. The van der Waals surface area contributed by atoms with E-state index in [9.17, 15) is 8.42 Å². The van der Waals surface area contributed by atoms with Crippen molar-refractivity contribution in [3.63, 3.8) is 0 Å². The average molecular weight is 278 g/mol. The summed E-state index contributed by atoms with van der Waals surface area (Å²) in [6.45, 7) is 2.39. The first-order chi connectivity index (χ1) is 8.01. The summed E-state index contributed by atoms with van der Waals surface area (Å²) in [6.07, 6.45) is 3.38. The Hall–Kier alpha value is 0.220. The summed E-state index contributed by atoms with van der Waals surface area (Å²) in [5.41, 5.74) is 0. The number of sulfonamides is 1. The van der Waals surface area contributed by atoms with E-state index < -0.39 is 10.0 Å². The standard InChI is InChI=1S/C11H22N2O2S2/c1-9(7-12-10-3-4-10)17(14,15)13(2)11-5-6-16-8-11/h9-12H,3-8H2,1-2H3. The van der Waals surface area contributed by atoms with E-state index in [4.69, 9.17) is 0 Å². The highest BCUT2D eigenvalue weighted by atomic mass is 32.2. The summed E-state index contributed by atoms with van der Waals surface area (Å²) in [5.74, 6) is 2.03. The highest BCUT2D eigenvalue weighted by molar-refractivity contribution is 7.99. The molecule has 2 atom stereocenters. The molecule has 2 fully saturated rings. The van der Waals surface area contributed by atoms with Gasteiger partial charge in [-0.2, -0.15) is 11.8 Å². The summed E-state index contributed by atoms with van der Waals surface area (Å²) in [6, 6.07) is 0.772. The van der Waals surface area contributed by atoms with Crippen molar-refractivity contribution in [2.45, 2.75) is 43.5 Å². The van der Waals surface area contributed by atoms with E-state index in [-0.39, 0.29) is 11.3 Å². The summed E-state index contributed by atoms with van der Waals surface area (Å²) >= 11 is 1.84. The van der Waals surface area contributed by atoms with Crippen LogP contribution in [0.4, 0.5) is 0 Å². The first kappa shape index (κ1) is 13.6. The molecule has 1 aliphatic heterocycles. The lowest BCUT2D eigenvalue weighted by atomic mass is 10.3. The monoisotopic (exact) mass is 278 g/mol. The van der Waals surface area contributed by atoms with Gasteiger partial charge in [-0.05, 0) is 31.9 Å². The molecule has 1 aliphatic carbocycles. The van der Waals surface area contributed by atoms with Crippen LogP contribution in [-0.2, 0) is 10.0 Å². The van der Waals surface area contributed by atoms with Crippen molar-refractivity contribution in [2.75, 3.05) is 25.1 Å². The van der Waals surface area contributed by atoms with Gasteiger partial charge in [0.1, 0.15) is 0 Å². The Morgan fingerprint density at radius 2 is 2.12 bits per heavy atom. The molecular weight excluding hydrogens is 256 g/mol. The average Bonchev–Trinajstić information content (AvgIpc) is 2.97. The Kier molecular flexibility index (Phi) is 4.39. The quantitative estimate of drug-likeness (QED) is 0.784. The van der Waals surface area contributed by atoms with E-state index >= 15 is 0 Å². The molecule has 17 heavy (non-hydrogen) atoms. The Morgan fingerprint density at radius 1 is 1.41 bits per heavy atom. The summed E-state index contributed by atoms with van der Waals surface area (Å²) in [5, 5.41) is 2.98. The molecule has 6 heteroatoms. The van der Waals surface area contributed by atoms with Gasteiger partial charge < -0.3 is 5.32 Å². The fraction of sp³-hybridized carbons (Fsp3) is 1.00. The van der Waals surface area contributed by atoms with Crippen LogP contribution in [0.15, 0.2) is 0 Å².